The van der Waals surface area contributed by atoms with Crippen LogP contribution in [0.25, 0.3) is 0 Å². The number of nitrogens with one attached hydrogen (secondary N) is 1. The van der Waals surface area contributed by atoms with Crippen LogP contribution in [0.3, 0.4) is 0 Å². The first-order chi connectivity index (χ1) is 9.61. The molecule has 0 saturated carbocycles. The van der Waals surface area contributed by atoms with Crippen LogP contribution in [0.4, 0.5) is 5.69 Å². The van der Waals surface area contributed by atoms with Gasteiger partial charge in [0.1, 0.15) is 11.0 Å². The summed E-state index contributed by atoms with van der Waals surface area (Å²) < 4.78 is 10.7. The maximum absolute atomic E-state index is 12.0. The predicted octanol–water partition coefficient (Wildman–Crippen LogP) is 0.779. The standard InChI is InChI=1S/C11H11BrN4O4/c1-19-9(17)6-16-11(18)10(12)8(5-14-16)13-4-7-2-3-15-20-7/h2-3,5,13H,4,6H2,1H3. The van der Waals surface area contributed by atoms with Crippen LogP contribution in [0.1, 0.15) is 5.76 Å². The van der Waals surface area contributed by atoms with E-state index in [2.05, 4.69) is 36.2 Å². The SMILES string of the molecule is COC(=O)Cn1ncc(NCc2ccno2)c(Br)c1=O. The molecule has 0 spiro atoms. The minimum Gasteiger partial charge on any atom is -0.468 e. The number of ether oxygens (including phenoxy) is 1. The van der Waals surface area contributed by atoms with Gasteiger partial charge in [-0.05, 0) is 15.9 Å². The van der Waals surface area contributed by atoms with Gasteiger partial charge < -0.3 is 14.6 Å². The molecule has 20 heavy (non-hydrogen) atoms. The lowest BCUT2D eigenvalue weighted by Crippen LogP contribution is -2.28. The van der Waals surface area contributed by atoms with Crippen molar-refractivity contribution in [3.05, 3.63) is 39.0 Å². The van der Waals surface area contributed by atoms with Gasteiger partial charge >= 0.3 is 5.97 Å². The fourth-order valence-corrected chi connectivity index (χ4v) is 1.85. The van der Waals surface area contributed by atoms with Crippen molar-refractivity contribution in [3.63, 3.8) is 0 Å². The molecule has 0 amide bonds. The summed E-state index contributed by atoms with van der Waals surface area (Å²) in [4.78, 5) is 23.1. The summed E-state index contributed by atoms with van der Waals surface area (Å²) in [5, 5.41) is 10.4. The van der Waals surface area contributed by atoms with E-state index in [9.17, 15) is 9.59 Å². The molecular formula is C11H11BrN4O4. The van der Waals surface area contributed by atoms with Crippen molar-refractivity contribution in [2.24, 2.45) is 0 Å². The van der Waals surface area contributed by atoms with Gasteiger partial charge in [0, 0.05) is 6.07 Å². The van der Waals surface area contributed by atoms with Crippen LogP contribution in [0, 0.1) is 0 Å². The molecule has 2 heterocycles. The molecule has 106 valence electrons. The third-order valence-electron chi connectivity index (χ3n) is 2.44. The highest BCUT2D eigenvalue weighted by molar-refractivity contribution is 9.10. The Kier molecular flexibility index (Phi) is 4.51. The summed E-state index contributed by atoms with van der Waals surface area (Å²) in [6.45, 7) is 0.122. The zero-order chi connectivity index (χ0) is 14.5. The van der Waals surface area contributed by atoms with E-state index < -0.39 is 11.5 Å². The third kappa shape index (κ3) is 3.23. The zero-order valence-corrected chi connectivity index (χ0v) is 12.1. The second kappa shape index (κ2) is 6.33. The number of nitrogens with zero attached hydrogens (tertiary/aromatic N) is 3. The van der Waals surface area contributed by atoms with Crippen LogP contribution in [0.5, 0.6) is 0 Å². The minimum absolute atomic E-state index is 0.240. The Hall–Kier alpha value is -2.16. The normalized spacial score (nSPS) is 10.3. The van der Waals surface area contributed by atoms with Gasteiger partial charge in [0.2, 0.25) is 0 Å². The first-order valence-corrected chi connectivity index (χ1v) is 6.37. The van der Waals surface area contributed by atoms with E-state index in [1.54, 1.807) is 6.07 Å². The smallest absolute Gasteiger partial charge is 0.327 e. The molecule has 0 aromatic carbocycles. The fourth-order valence-electron chi connectivity index (χ4n) is 1.40. The number of carbonyl (C=O) groups is 1. The van der Waals surface area contributed by atoms with E-state index in [1.165, 1.54) is 19.5 Å². The quantitative estimate of drug-likeness (QED) is 0.801. The number of rotatable bonds is 5. The molecule has 1 N–H and O–H groups in total. The van der Waals surface area contributed by atoms with E-state index >= 15 is 0 Å². The van der Waals surface area contributed by atoms with Crippen LogP contribution >= 0.6 is 15.9 Å². The molecule has 0 aliphatic carbocycles. The Morgan fingerprint density at radius 2 is 2.40 bits per heavy atom. The number of hydrogen-bond acceptors (Lipinski definition) is 7. The second-order valence-electron chi connectivity index (χ2n) is 3.74. The number of halogens is 1. The highest BCUT2D eigenvalue weighted by atomic mass is 79.9. The van der Waals surface area contributed by atoms with E-state index in [4.69, 9.17) is 4.52 Å². The van der Waals surface area contributed by atoms with Gasteiger partial charge in [-0.15, -0.1) is 0 Å². The van der Waals surface area contributed by atoms with Crippen molar-refractivity contribution in [2.75, 3.05) is 12.4 Å². The molecular weight excluding hydrogens is 332 g/mol. The van der Waals surface area contributed by atoms with Gasteiger partial charge in [-0.1, -0.05) is 5.16 Å². The number of methoxy groups -OCH3 is 1. The largest absolute Gasteiger partial charge is 0.468 e. The van der Waals surface area contributed by atoms with Crippen molar-refractivity contribution in [1.29, 1.82) is 0 Å². The van der Waals surface area contributed by atoms with Gasteiger partial charge in [-0.2, -0.15) is 5.10 Å². The van der Waals surface area contributed by atoms with Crippen LogP contribution in [0.15, 0.2) is 32.3 Å². The maximum atomic E-state index is 12.0. The van der Waals surface area contributed by atoms with Crippen molar-refractivity contribution < 1.29 is 14.1 Å². The predicted molar refractivity (Wildman–Crippen MR) is 72.0 cm³/mol. The van der Waals surface area contributed by atoms with Crippen LogP contribution in [0.2, 0.25) is 0 Å². The Morgan fingerprint density at radius 1 is 1.60 bits per heavy atom. The molecule has 0 fully saturated rings. The van der Waals surface area contributed by atoms with E-state index in [0.29, 0.717) is 18.0 Å². The van der Waals surface area contributed by atoms with E-state index in [-0.39, 0.29) is 11.0 Å². The lowest BCUT2D eigenvalue weighted by Gasteiger charge is -2.08. The number of hydrogen-bond donors (Lipinski definition) is 1. The Balaban J connectivity index is 2.14. The van der Waals surface area contributed by atoms with E-state index in [0.717, 1.165) is 4.68 Å². The van der Waals surface area contributed by atoms with Crippen molar-refractivity contribution in [3.8, 4) is 0 Å². The van der Waals surface area contributed by atoms with Gasteiger partial charge in [-0.3, -0.25) is 9.59 Å². The molecule has 0 aliphatic heterocycles. The molecule has 2 aromatic heterocycles. The number of carbonyl (C=O) groups excluding carboxylic acids is 1. The van der Waals surface area contributed by atoms with Crippen LogP contribution < -0.4 is 10.9 Å². The monoisotopic (exact) mass is 342 g/mol. The molecule has 2 aromatic rings. The lowest BCUT2D eigenvalue weighted by molar-refractivity contribution is -0.141. The molecule has 0 aliphatic rings. The average molecular weight is 343 g/mol. The van der Waals surface area contributed by atoms with Gasteiger partial charge in [0.25, 0.3) is 5.56 Å². The van der Waals surface area contributed by atoms with Crippen molar-refractivity contribution in [2.45, 2.75) is 13.1 Å². The number of aromatic nitrogens is 3. The van der Waals surface area contributed by atoms with Crippen molar-refractivity contribution >= 4 is 27.6 Å². The van der Waals surface area contributed by atoms with Gasteiger partial charge in [0.05, 0.1) is 31.7 Å². The molecule has 9 heteroatoms. The Labute approximate surface area is 121 Å². The van der Waals surface area contributed by atoms with Crippen molar-refractivity contribution in [1.82, 2.24) is 14.9 Å². The lowest BCUT2D eigenvalue weighted by atomic mass is 10.4. The van der Waals surface area contributed by atoms with Crippen LogP contribution in [-0.4, -0.2) is 28.0 Å². The molecule has 8 nitrogen and oxygen atoms in total. The average Bonchev–Trinajstić information content (AvgIpc) is 2.96. The third-order valence-corrected chi connectivity index (χ3v) is 3.20. The van der Waals surface area contributed by atoms with Gasteiger partial charge in [0.15, 0.2) is 5.76 Å². The zero-order valence-electron chi connectivity index (χ0n) is 10.5. The summed E-state index contributed by atoms with van der Waals surface area (Å²) in [6, 6.07) is 1.70. The topological polar surface area (TPSA) is 99.2 Å². The fraction of sp³-hybridized carbons (Fsp3) is 0.273. The summed E-state index contributed by atoms with van der Waals surface area (Å²) >= 11 is 3.17. The molecule has 0 saturated heterocycles. The first-order valence-electron chi connectivity index (χ1n) is 5.57. The first kappa shape index (κ1) is 14.3. The minimum atomic E-state index is -0.547. The molecule has 2 rings (SSSR count). The van der Waals surface area contributed by atoms with Gasteiger partial charge in [-0.25, -0.2) is 4.68 Å². The van der Waals surface area contributed by atoms with Crippen LogP contribution in [-0.2, 0) is 22.6 Å². The maximum Gasteiger partial charge on any atom is 0.327 e. The second-order valence-corrected chi connectivity index (χ2v) is 4.54. The molecule has 0 bridgehead atoms. The Bertz CT molecular complexity index is 653. The summed E-state index contributed by atoms with van der Waals surface area (Å²) in [5.41, 5.74) is 0.0606. The molecule has 0 atom stereocenters. The molecule has 0 radical (unpaired) electrons. The highest BCUT2D eigenvalue weighted by Gasteiger charge is 2.12. The summed E-state index contributed by atoms with van der Waals surface area (Å²) in [7, 11) is 1.25. The number of anilines is 1. The summed E-state index contributed by atoms with van der Waals surface area (Å²) in [6.07, 6.45) is 2.96. The highest BCUT2D eigenvalue weighted by Crippen LogP contribution is 2.17. The Morgan fingerprint density at radius 3 is 3.05 bits per heavy atom. The summed E-state index contributed by atoms with van der Waals surface area (Å²) in [5.74, 6) is 0.0736. The molecule has 0 unspecified atom stereocenters. The number of esters is 1. The van der Waals surface area contributed by atoms with E-state index in [1.807, 2.05) is 0 Å².